The van der Waals surface area contributed by atoms with Crippen LogP contribution in [0.25, 0.3) is 10.9 Å². The van der Waals surface area contributed by atoms with Crippen LogP contribution >= 0.6 is 0 Å². The first-order chi connectivity index (χ1) is 10.9. The van der Waals surface area contributed by atoms with E-state index in [0.717, 1.165) is 30.5 Å². The smallest absolute Gasteiger partial charge is 0.191 e. The second-order valence-electron chi connectivity index (χ2n) is 5.84. The van der Waals surface area contributed by atoms with Gasteiger partial charge in [-0.2, -0.15) is 0 Å². The first kappa shape index (κ1) is 14.8. The fourth-order valence-corrected chi connectivity index (χ4v) is 2.60. The van der Waals surface area contributed by atoms with Gasteiger partial charge in [-0.25, -0.2) is 4.99 Å². The highest BCUT2D eigenvalue weighted by molar-refractivity contribution is 5.83. The molecule has 1 heterocycles. The molecule has 1 aromatic heterocycles. The number of pyridine rings is 1. The highest BCUT2D eigenvalue weighted by Gasteiger charge is 2.20. The van der Waals surface area contributed by atoms with E-state index in [0.29, 0.717) is 6.54 Å². The summed E-state index contributed by atoms with van der Waals surface area (Å²) in [5.41, 5.74) is 2.24. The number of benzene rings is 1. The molecule has 4 nitrogen and oxygen atoms in total. The van der Waals surface area contributed by atoms with Crippen LogP contribution in [-0.4, -0.2) is 24.0 Å². The first-order valence-corrected chi connectivity index (χ1v) is 8.21. The quantitative estimate of drug-likeness (QED) is 0.636. The number of fused-ring (bicyclic) bond motifs is 1. The first-order valence-electron chi connectivity index (χ1n) is 8.21. The van der Waals surface area contributed by atoms with Gasteiger partial charge in [-0.3, -0.25) is 4.98 Å². The molecule has 3 rings (SSSR count). The lowest BCUT2D eigenvalue weighted by Crippen LogP contribution is -2.37. The predicted molar refractivity (Wildman–Crippen MR) is 91.9 cm³/mol. The van der Waals surface area contributed by atoms with Gasteiger partial charge in [-0.1, -0.05) is 31.0 Å². The van der Waals surface area contributed by atoms with Gasteiger partial charge in [0.15, 0.2) is 5.96 Å². The minimum absolute atomic E-state index is 0.668. The maximum atomic E-state index is 4.72. The molecular weight excluding hydrogens is 272 g/mol. The summed E-state index contributed by atoms with van der Waals surface area (Å²) in [7, 11) is 0. The summed E-state index contributed by atoms with van der Waals surface area (Å²) in [6.07, 6.45) is 5.92. The van der Waals surface area contributed by atoms with Crippen molar-refractivity contribution in [2.75, 3.05) is 13.1 Å². The Balaban J connectivity index is 1.67. The summed E-state index contributed by atoms with van der Waals surface area (Å²) in [5.74, 6) is 1.85. The van der Waals surface area contributed by atoms with Crippen LogP contribution in [0, 0.1) is 5.92 Å². The monoisotopic (exact) mass is 296 g/mol. The number of rotatable bonds is 6. The topological polar surface area (TPSA) is 49.3 Å². The zero-order valence-electron chi connectivity index (χ0n) is 13.2. The summed E-state index contributed by atoms with van der Waals surface area (Å²) < 4.78 is 0. The van der Waals surface area contributed by atoms with Crippen molar-refractivity contribution < 1.29 is 0 Å². The van der Waals surface area contributed by atoms with E-state index in [1.54, 1.807) is 0 Å². The van der Waals surface area contributed by atoms with E-state index < -0.39 is 0 Å². The molecule has 0 atom stereocenters. The van der Waals surface area contributed by atoms with Crippen molar-refractivity contribution in [3.63, 3.8) is 0 Å². The van der Waals surface area contributed by atoms with Gasteiger partial charge < -0.3 is 10.6 Å². The van der Waals surface area contributed by atoms with Crippen LogP contribution < -0.4 is 10.6 Å². The summed E-state index contributed by atoms with van der Waals surface area (Å²) in [6, 6.07) is 10.3. The van der Waals surface area contributed by atoms with E-state index in [-0.39, 0.29) is 0 Å². The molecule has 0 bridgehead atoms. The Labute approximate surface area is 132 Å². The Morgan fingerprint density at radius 3 is 2.91 bits per heavy atom. The average molecular weight is 296 g/mol. The minimum atomic E-state index is 0.668. The number of aliphatic imine (C=N–C) groups is 1. The molecule has 0 unspecified atom stereocenters. The molecule has 1 saturated carbocycles. The fourth-order valence-electron chi connectivity index (χ4n) is 2.60. The maximum absolute atomic E-state index is 4.72. The van der Waals surface area contributed by atoms with Crippen LogP contribution in [-0.2, 0) is 6.54 Å². The van der Waals surface area contributed by atoms with E-state index in [2.05, 4.69) is 40.7 Å². The maximum Gasteiger partial charge on any atom is 0.191 e. The largest absolute Gasteiger partial charge is 0.357 e. The molecule has 1 aliphatic rings. The van der Waals surface area contributed by atoms with Crippen molar-refractivity contribution in [2.45, 2.75) is 32.7 Å². The number of aromatic nitrogens is 1. The lowest BCUT2D eigenvalue weighted by atomic mass is 10.1. The van der Waals surface area contributed by atoms with Gasteiger partial charge in [0, 0.05) is 24.7 Å². The van der Waals surface area contributed by atoms with Crippen LogP contribution in [0.4, 0.5) is 0 Å². The number of nitrogens with zero attached hydrogens (tertiary/aromatic N) is 2. The molecule has 0 saturated heterocycles. The summed E-state index contributed by atoms with van der Waals surface area (Å²) >= 11 is 0. The molecule has 0 radical (unpaired) electrons. The van der Waals surface area contributed by atoms with Gasteiger partial charge in [-0.15, -0.1) is 0 Å². The third-order valence-corrected chi connectivity index (χ3v) is 4.03. The second-order valence-corrected chi connectivity index (χ2v) is 5.84. The third kappa shape index (κ3) is 3.97. The zero-order chi connectivity index (χ0) is 15.2. The van der Waals surface area contributed by atoms with Crippen molar-refractivity contribution in [2.24, 2.45) is 10.9 Å². The van der Waals surface area contributed by atoms with Crippen LogP contribution in [0.15, 0.2) is 41.5 Å². The Bertz CT molecular complexity index is 641. The molecule has 22 heavy (non-hydrogen) atoms. The van der Waals surface area contributed by atoms with E-state index in [1.807, 2.05) is 18.3 Å². The normalized spacial score (nSPS) is 15.0. The Morgan fingerprint density at radius 2 is 2.09 bits per heavy atom. The molecule has 4 heteroatoms. The number of hydrogen-bond acceptors (Lipinski definition) is 2. The minimum Gasteiger partial charge on any atom is -0.357 e. The van der Waals surface area contributed by atoms with Crippen LogP contribution in [0.2, 0.25) is 0 Å². The highest BCUT2D eigenvalue weighted by atomic mass is 15.2. The number of para-hydroxylation sites is 1. The zero-order valence-corrected chi connectivity index (χ0v) is 13.2. The molecule has 1 aliphatic carbocycles. The number of hydrogen-bond donors (Lipinski definition) is 2. The van der Waals surface area contributed by atoms with Gasteiger partial charge in [0.2, 0.25) is 0 Å². The highest BCUT2D eigenvalue weighted by Crippen LogP contribution is 2.31. The number of guanidine groups is 1. The molecule has 0 aliphatic heterocycles. The molecule has 0 spiro atoms. The van der Waals surface area contributed by atoms with Crippen LogP contribution in [0.1, 0.15) is 31.7 Å². The Kier molecular flexibility index (Phi) is 4.88. The molecule has 2 N–H and O–H groups in total. The second kappa shape index (κ2) is 7.25. The molecule has 1 aromatic carbocycles. The fraction of sp³-hybridized carbons (Fsp3) is 0.444. The Morgan fingerprint density at radius 1 is 1.23 bits per heavy atom. The van der Waals surface area contributed by atoms with Crippen LogP contribution in [0.3, 0.4) is 0 Å². The van der Waals surface area contributed by atoms with E-state index in [4.69, 9.17) is 4.99 Å². The van der Waals surface area contributed by atoms with Gasteiger partial charge in [0.1, 0.15) is 0 Å². The van der Waals surface area contributed by atoms with Crippen LogP contribution in [0.5, 0.6) is 0 Å². The predicted octanol–water partition coefficient (Wildman–Crippen LogP) is 3.09. The van der Waals surface area contributed by atoms with Crippen molar-refractivity contribution in [3.8, 4) is 0 Å². The summed E-state index contributed by atoms with van der Waals surface area (Å²) in [5, 5.41) is 7.93. The summed E-state index contributed by atoms with van der Waals surface area (Å²) in [4.78, 5) is 9.12. The van der Waals surface area contributed by atoms with Crippen molar-refractivity contribution in [3.05, 3.63) is 42.1 Å². The standard InChI is InChI=1S/C18H24N4/c1-2-19-18(21-11-9-14-7-8-14)22-13-15-10-12-20-17-6-4-3-5-16(15)17/h3-6,10,12,14H,2,7-9,11,13H2,1H3,(H2,19,21,22). The van der Waals surface area contributed by atoms with Crippen molar-refractivity contribution >= 4 is 16.9 Å². The van der Waals surface area contributed by atoms with Gasteiger partial charge in [0.25, 0.3) is 0 Å². The van der Waals surface area contributed by atoms with E-state index in [9.17, 15) is 0 Å². The number of nitrogens with one attached hydrogen (secondary N) is 2. The average Bonchev–Trinajstić information content (AvgIpc) is 3.37. The molecule has 116 valence electrons. The van der Waals surface area contributed by atoms with Crippen molar-refractivity contribution in [1.29, 1.82) is 0 Å². The third-order valence-electron chi connectivity index (χ3n) is 4.03. The van der Waals surface area contributed by atoms with Crippen molar-refractivity contribution in [1.82, 2.24) is 15.6 Å². The van der Waals surface area contributed by atoms with Gasteiger partial charge >= 0.3 is 0 Å². The molecular formula is C18H24N4. The molecule has 0 amide bonds. The summed E-state index contributed by atoms with van der Waals surface area (Å²) in [6.45, 7) is 4.65. The molecule has 2 aromatic rings. The van der Waals surface area contributed by atoms with E-state index >= 15 is 0 Å². The van der Waals surface area contributed by atoms with Gasteiger partial charge in [0.05, 0.1) is 12.1 Å². The lowest BCUT2D eigenvalue weighted by Gasteiger charge is -2.11. The Hall–Kier alpha value is -2.10. The lowest BCUT2D eigenvalue weighted by molar-refractivity contribution is 0.685. The SMILES string of the molecule is CCNC(=NCc1ccnc2ccccc12)NCCC1CC1. The van der Waals surface area contributed by atoms with E-state index in [1.165, 1.54) is 30.2 Å². The molecule has 1 fully saturated rings. The van der Waals surface area contributed by atoms with Gasteiger partial charge in [-0.05, 0) is 37.0 Å².